The van der Waals surface area contributed by atoms with Gasteiger partial charge in [-0.2, -0.15) is 8.42 Å². The Labute approximate surface area is 388 Å². The molecule has 0 spiro atoms. The van der Waals surface area contributed by atoms with Gasteiger partial charge in [0.05, 0.1) is 43.1 Å². The van der Waals surface area contributed by atoms with Crippen LogP contribution in [0, 0.1) is 0 Å². The van der Waals surface area contributed by atoms with Crippen LogP contribution in [0.25, 0.3) is 0 Å². The molecule has 0 unspecified atom stereocenters. The molecular formula is C24H27FNa4O20S3. The van der Waals surface area contributed by atoms with Gasteiger partial charge in [-0.25, -0.2) is 16.8 Å². The summed E-state index contributed by atoms with van der Waals surface area (Å²) in [5.41, 5.74) is -0.712. The molecule has 0 saturated carbocycles. The summed E-state index contributed by atoms with van der Waals surface area (Å²) >= 11 is 0. The maximum absolute atomic E-state index is 10.9. The standard InChI is InChI=1S/C10H10O10S2.C8H6O4.C4H8O3S.CH3F.CH2O3.4Na.H/c11-3-7-1-9(19-5-21(13,14)15)8(4-12)2-10(7)20-6-22(16,17)18;9-3-5-1-7(11)6(4-10)2-8(5)12;5-8(6)4-2-1-3-7-8;1-2;2-1-4-3;;;;;/h1-4H,5-6H2,(H,13,14,15)(H,16,17,18);1-4,11-12H;1-4H2;1H3;1,3H;;;;;/q;;;;;4*+1;-1/p-3/i;;;1D;;;;;;. The van der Waals surface area contributed by atoms with E-state index in [9.17, 15) is 57.9 Å². The van der Waals surface area contributed by atoms with Crippen LogP contribution >= 0.6 is 0 Å². The van der Waals surface area contributed by atoms with Gasteiger partial charge in [0.2, 0.25) is 0 Å². The number of benzene rings is 2. The Morgan fingerprint density at radius 2 is 1.12 bits per heavy atom. The number of carbonyl (C=O) groups excluding carboxylic acids is 5. The van der Waals surface area contributed by atoms with Crippen molar-refractivity contribution in [1.29, 1.82) is 0 Å². The quantitative estimate of drug-likeness (QED) is 0.0403. The van der Waals surface area contributed by atoms with E-state index in [1.165, 1.54) is 0 Å². The molecule has 272 valence electrons. The zero-order valence-electron chi connectivity index (χ0n) is 30.0. The number of aldehydes is 4. The van der Waals surface area contributed by atoms with Crippen LogP contribution in [0.2, 0.25) is 0 Å². The molecule has 3 rings (SSSR count). The van der Waals surface area contributed by atoms with E-state index in [4.69, 9.17) is 21.6 Å². The van der Waals surface area contributed by atoms with Gasteiger partial charge in [0.15, 0.2) is 37.0 Å². The maximum Gasteiger partial charge on any atom is 1.00 e. The van der Waals surface area contributed by atoms with Gasteiger partial charge in [-0.05, 0) is 37.1 Å². The number of hydrogen-bond donors (Lipinski definition) is 2. The minimum Gasteiger partial charge on any atom is -1.00 e. The predicted molar refractivity (Wildman–Crippen MR) is 152 cm³/mol. The number of phenols is 2. The van der Waals surface area contributed by atoms with Crippen molar-refractivity contribution in [3.05, 3.63) is 46.5 Å². The molecule has 0 amide bonds. The van der Waals surface area contributed by atoms with Crippen LogP contribution < -0.4 is 133 Å². The van der Waals surface area contributed by atoms with Gasteiger partial charge >= 0.3 is 118 Å². The minimum absolute atomic E-state index is 0. The SMILES string of the molecule is O=CO[O-].O=Cc1cc(O)c(C=O)cc1O.O=Cc1cc(OCS(=O)(=O)[O-])c(C=O)cc1OCS(=O)(=O)[O-].O=S1(=O)CCCCO1.[2H]CF.[H-].[Na+].[Na+].[Na+].[Na+]. The first-order chi connectivity index (χ1) is 22.8. The van der Waals surface area contributed by atoms with Crippen molar-refractivity contribution in [3.8, 4) is 23.0 Å². The largest absolute Gasteiger partial charge is 1.00 e. The molecule has 0 bridgehead atoms. The smallest absolute Gasteiger partial charge is 1.00 e. The average Bonchev–Trinajstić information content (AvgIpc) is 3.03. The Bertz CT molecular complexity index is 1630. The molecule has 1 aliphatic heterocycles. The molecule has 0 aromatic heterocycles. The molecule has 2 N–H and O–H groups in total. The maximum atomic E-state index is 10.9. The Morgan fingerprint density at radius 1 is 0.788 bits per heavy atom. The van der Waals surface area contributed by atoms with Gasteiger partial charge in [0.1, 0.15) is 43.2 Å². The summed E-state index contributed by atoms with van der Waals surface area (Å²) in [6.07, 6.45) is 2.80. The molecular weight excluding hydrogens is 815 g/mol. The third-order valence-corrected chi connectivity index (χ3v) is 6.76. The van der Waals surface area contributed by atoms with E-state index in [-0.39, 0.29) is 178 Å². The Kier molecular flexibility index (Phi) is 39.3. The first-order valence-electron chi connectivity index (χ1n) is 12.6. The van der Waals surface area contributed by atoms with Crippen molar-refractivity contribution in [3.63, 3.8) is 0 Å². The molecule has 2 aromatic rings. The van der Waals surface area contributed by atoms with Crippen LogP contribution in [-0.4, -0.2) is 108 Å². The number of hydrogen-bond acceptors (Lipinski definition) is 20. The fourth-order valence-electron chi connectivity index (χ4n) is 2.72. The van der Waals surface area contributed by atoms with Crippen molar-refractivity contribution in [1.82, 2.24) is 0 Å². The summed E-state index contributed by atoms with van der Waals surface area (Å²) in [6, 6.07) is 3.81. The summed E-state index contributed by atoms with van der Waals surface area (Å²) < 4.78 is 113. The van der Waals surface area contributed by atoms with E-state index in [0.29, 0.717) is 19.2 Å². The third kappa shape index (κ3) is 29.7. The van der Waals surface area contributed by atoms with Crippen LogP contribution in [0.5, 0.6) is 23.0 Å². The molecule has 0 aliphatic carbocycles. The first kappa shape index (κ1) is 60.7. The number of phenolic OH excluding ortho intramolecular Hbond substituents is 2. The second kappa shape index (κ2) is 33.7. The number of aromatic hydroxyl groups is 2. The summed E-state index contributed by atoms with van der Waals surface area (Å²) in [6.45, 7) is 0.197. The normalized spacial score (nSPS) is 12.1. The Morgan fingerprint density at radius 3 is 1.31 bits per heavy atom. The first-order valence-corrected chi connectivity index (χ1v) is 16.6. The van der Waals surface area contributed by atoms with E-state index >= 15 is 0 Å². The topological polar surface area (TPSA) is 334 Å². The van der Waals surface area contributed by atoms with E-state index < -0.39 is 60.9 Å². The second-order valence-corrected chi connectivity index (χ2v) is 12.5. The molecule has 1 saturated heterocycles. The van der Waals surface area contributed by atoms with Crippen molar-refractivity contribution in [2.45, 2.75) is 12.8 Å². The van der Waals surface area contributed by atoms with Gasteiger partial charge in [-0.1, -0.05) is 0 Å². The summed E-state index contributed by atoms with van der Waals surface area (Å²) in [7, 11) is -13.6. The minimum atomic E-state index is -4.73. The van der Waals surface area contributed by atoms with Crippen LogP contribution in [0.1, 0.15) is 57.1 Å². The van der Waals surface area contributed by atoms with Gasteiger partial charge in [0.25, 0.3) is 16.6 Å². The van der Waals surface area contributed by atoms with Crippen LogP contribution in [0.15, 0.2) is 24.3 Å². The molecule has 1 aliphatic rings. The van der Waals surface area contributed by atoms with Crippen LogP contribution in [0.3, 0.4) is 0 Å². The monoisotopic (exact) mass is 843 g/mol. The number of halogens is 1. The average molecular weight is 844 g/mol. The van der Waals surface area contributed by atoms with Crippen molar-refractivity contribution in [2.75, 3.05) is 31.4 Å². The van der Waals surface area contributed by atoms with E-state index in [1.54, 1.807) is 0 Å². The molecule has 0 atom stereocenters. The second-order valence-electron chi connectivity index (χ2n) is 7.99. The van der Waals surface area contributed by atoms with E-state index in [2.05, 4.69) is 18.5 Å². The fourth-order valence-corrected chi connectivity index (χ4v) is 4.31. The molecule has 20 nitrogen and oxygen atoms in total. The molecule has 1 heterocycles. The van der Waals surface area contributed by atoms with Gasteiger partial charge < -0.3 is 40.4 Å². The zero-order chi connectivity index (χ0) is 38.3. The van der Waals surface area contributed by atoms with E-state index in [0.717, 1.165) is 37.1 Å². The van der Waals surface area contributed by atoms with Crippen LogP contribution in [-0.2, 0) is 44.2 Å². The number of ether oxygens (including phenoxy) is 2. The summed E-state index contributed by atoms with van der Waals surface area (Å²) in [5.74, 6) is -3.77. The summed E-state index contributed by atoms with van der Waals surface area (Å²) in [4.78, 5) is 53.4. The molecule has 28 heteroatoms. The Hall–Kier alpha value is -0.590. The van der Waals surface area contributed by atoms with Crippen molar-refractivity contribution in [2.24, 2.45) is 0 Å². The van der Waals surface area contributed by atoms with Gasteiger partial charge in [-0.15, -0.1) is 0 Å². The molecule has 52 heavy (non-hydrogen) atoms. The fraction of sp³-hybridized carbons (Fsp3) is 0.292. The Balaban J connectivity index is -0.000000117. The number of carbonyl (C=O) groups is 5. The molecule has 1 fully saturated rings. The van der Waals surface area contributed by atoms with Crippen molar-refractivity contribution >= 4 is 62.0 Å². The predicted octanol–water partition coefficient (Wildman–Crippen LogP) is -12.9. The zero-order valence-corrected chi connectivity index (χ0v) is 38.4. The number of alkyl halides is 1. The third-order valence-electron chi connectivity index (χ3n) is 4.63. The van der Waals surface area contributed by atoms with Crippen LogP contribution in [0.4, 0.5) is 4.39 Å². The van der Waals surface area contributed by atoms with E-state index in [1.807, 2.05) is 0 Å². The summed E-state index contributed by atoms with van der Waals surface area (Å²) in [5, 5.41) is 26.5. The molecule has 2 aromatic carbocycles. The van der Waals surface area contributed by atoms with Gasteiger partial charge in [0, 0.05) is 0 Å². The number of rotatable bonds is 11. The molecule has 0 radical (unpaired) electrons. The van der Waals surface area contributed by atoms with Gasteiger partial charge in [-0.3, -0.25) is 32.5 Å². The van der Waals surface area contributed by atoms with Crippen molar-refractivity contribution < 1.29 is 218 Å².